The van der Waals surface area contributed by atoms with Crippen LogP contribution in [0.15, 0.2) is 6.07 Å². The predicted molar refractivity (Wildman–Crippen MR) is 64.4 cm³/mol. The van der Waals surface area contributed by atoms with Crippen molar-refractivity contribution in [2.24, 2.45) is 5.92 Å². The number of nitrogens with one attached hydrogen (secondary N) is 1. The number of hydrogen-bond acceptors (Lipinski definition) is 3. The van der Waals surface area contributed by atoms with Crippen LogP contribution in [0.25, 0.3) is 0 Å². The summed E-state index contributed by atoms with van der Waals surface area (Å²) in [6.07, 6.45) is 6.15. The number of hydrogen-bond donors (Lipinski definition) is 2. The van der Waals surface area contributed by atoms with Crippen LogP contribution in [0, 0.1) is 5.92 Å². The summed E-state index contributed by atoms with van der Waals surface area (Å²) in [6.45, 7) is 0.882. The molecular formula is C12H18N4O. The van der Waals surface area contributed by atoms with Crippen molar-refractivity contribution in [3.8, 4) is 0 Å². The van der Waals surface area contributed by atoms with E-state index in [0.29, 0.717) is 23.5 Å². The van der Waals surface area contributed by atoms with Crippen molar-refractivity contribution in [2.75, 3.05) is 12.3 Å². The van der Waals surface area contributed by atoms with Gasteiger partial charge in [-0.15, -0.1) is 0 Å². The van der Waals surface area contributed by atoms with Crippen LogP contribution in [0.4, 0.5) is 5.82 Å². The smallest absolute Gasteiger partial charge is 0.272 e. The van der Waals surface area contributed by atoms with Gasteiger partial charge in [0.1, 0.15) is 11.5 Å². The summed E-state index contributed by atoms with van der Waals surface area (Å²) in [5.41, 5.74) is 6.06. The van der Waals surface area contributed by atoms with Gasteiger partial charge >= 0.3 is 0 Å². The molecule has 0 bridgehead atoms. The normalized spacial score (nSPS) is 28.1. The number of carbonyl (C=O) groups excluding carboxylic acids is 1. The SMILES string of the molecule is Nc1cc(C(=O)N2CCC3CCCCC32)[nH]n1. The lowest BCUT2D eigenvalue weighted by Gasteiger charge is -2.31. The highest BCUT2D eigenvalue weighted by atomic mass is 16.2. The second kappa shape index (κ2) is 4.05. The minimum absolute atomic E-state index is 0.0589. The first-order valence-electron chi connectivity index (χ1n) is 6.37. The molecule has 1 aliphatic heterocycles. The number of nitrogen functional groups attached to an aromatic ring is 1. The molecule has 2 fully saturated rings. The standard InChI is InChI=1S/C12H18N4O/c13-11-7-9(14-15-11)12(17)16-6-5-8-3-1-2-4-10(8)16/h7-8,10H,1-6H2,(H3,13,14,15). The highest BCUT2D eigenvalue weighted by Crippen LogP contribution is 2.36. The van der Waals surface area contributed by atoms with Crippen molar-refractivity contribution in [3.05, 3.63) is 11.8 Å². The lowest BCUT2D eigenvalue weighted by molar-refractivity contribution is 0.0684. The number of amides is 1. The lowest BCUT2D eigenvalue weighted by Crippen LogP contribution is -2.39. The van der Waals surface area contributed by atoms with E-state index in [0.717, 1.165) is 19.4 Å². The number of nitrogens with zero attached hydrogens (tertiary/aromatic N) is 2. The third-order valence-corrected chi connectivity index (χ3v) is 4.10. The molecule has 5 nitrogen and oxygen atoms in total. The molecular weight excluding hydrogens is 216 g/mol. The van der Waals surface area contributed by atoms with E-state index >= 15 is 0 Å². The van der Waals surface area contributed by atoms with E-state index in [9.17, 15) is 4.79 Å². The molecule has 1 amide bonds. The maximum atomic E-state index is 12.3. The molecule has 0 aromatic carbocycles. The Hall–Kier alpha value is -1.52. The summed E-state index contributed by atoms with van der Waals surface area (Å²) in [4.78, 5) is 14.3. The number of anilines is 1. The van der Waals surface area contributed by atoms with Crippen LogP contribution >= 0.6 is 0 Å². The van der Waals surface area contributed by atoms with Crippen molar-refractivity contribution >= 4 is 11.7 Å². The van der Waals surface area contributed by atoms with Crippen molar-refractivity contribution < 1.29 is 4.79 Å². The van der Waals surface area contributed by atoms with E-state index in [2.05, 4.69) is 10.2 Å². The molecule has 2 atom stereocenters. The number of likely N-dealkylation sites (tertiary alicyclic amines) is 1. The first-order chi connectivity index (χ1) is 8.25. The van der Waals surface area contributed by atoms with Gasteiger partial charge in [-0.1, -0.05) is 12.8 Å². The molecule has 2 aliphatic rings. The maximum Gasteiger partial charge on any atom is 0.272 e. The second-order valence-corrected chi connectivity index (χ2v) is 5.11. The van der Waals surface area contributed by atoms with Crippen LogP contribution in [0.1, 0.15) is 42.6 Å². The molecule has 17 heavy (non-hydrogen) atoms. The Bertz CT molecular complexity index is 428. The molecule has 0 radical (unpaired) electrons. The highest BCUT2D eigenvalue weighted by Gasteiger charge is 2.38. The second-order valence-electron chi connectivity index (χ2n) is 5.11. The first-order valence-corrected chi connectivity index (χ1v) is 6.37. The Kier molecular flexibility index (Phi) is 2.53. The van der Waals surface area contributed by atoms with Crippen molar-refractivity contribution in [1.82, 2.24) is 15.1 Å². The van der Waals surface area contributed by atoms with E-state index in [1.165, 1.54) is 19.3 Å². The monoisotopic (exact) mass is 234 g/mol. The van der Waals surface area contributed by atoms with Gasteiger partial charge in [0, 0.05) is 18.7 Å². The van der Waals surface area contributed by atoms with Crippen LogP contribution in [0.3, 0.4) is 0 Å². The largest absolute Gasteiger partial charge is 0.382 e. The van der Waals surface area contributed by atoms with Gasteiger partial charge in [0.2, 0.25) is 0 Å². The number of nitrogens with two attached hydrogens (primary N) is 1. The summed E-state index contributed by atoms with van der Waals surface area (Å²) < 4.78 is 0. The fraction of sp³-hybridized carbons (Fsp3) is 0.667. The Morgan fingerprint density at radius 1 is 1.41 bits per heavy atom. The summed E-state index contributed by atoms with van der Waals surface area (Å²) in [5, 5.41) is 6.53. The highest BCUT2D eigenvalue weighted by molar-refractivity contribution is 5.93. The molecule has 2 heterocycles. The number of H-pyrrole nitrogens is 1. The lowest BCUT2D eigenvalue weighted by atomic mass is 9.85. The molecule has 1 aromatic rings. The van der Waals surface area contributed by atoms with Gasteiger partial charge in [0.05, 0.1) is 0 Å². The fourth-order valence-electron chi connectivity index (χ4n) is 3.26. The third kappa shape index (κ3) is 1.79. The zero-order chi connectivity index (χ0) is 11.8. The first kappa shape index (κ1) is 10.6. The van der Waals surface area contributed by atoms with Gasteiger partial charge in [-0.25, -0.2) is 0 Å². The van der Waals surface area contributed by atoms with E-state index < -0.39 is 0 Å². The number of rotatable bonds is 1. The van der Waals surface area contributed by atoms with Crippen molar-refractivity contribution in [2.45, 2.75) is 38.1 Å². The molecule has 5 heteroatoms. The molecule has 0 spiro atoms. The molecule has 2 unspecified atom stereocenters. The average molecular weight is 234 g/mol. The summed E-state index contributed by atoms with van der Waals surface area (Å²) >= 11 is 0. The molecule has 1 saturated carbocycles. The number of aromatic nitrogens is 2. The van der Waals surface area contributed by atoms with Gasteiger partial charge in [-0.3, -0.25) is 9.89 Å². The van der Waals surface area contributed by atoms with Crippen LogP contribution in [-0.4, -0.2) is 33.6 Å². The Morgan fingerprint density at radius 3 is 3.00 bits per heavy atom. The van der Waals surface area contributed by atoms with Gasteiger partial charge < -0.3 is 10.6 Å². The topological polar surface area (TPSA) is 75.0 Å². The third-order valence-electron chi connectivity index (χ3n) is 4.10. The summed E-state index contributed by atoms with van der Waals surface area (Å²) in [7, 11) is 0. The van der Waals surface area contributed by atoms with Crippen molar-refractivity contribution in [3.63, 3.8) is 0 Å². The van der Waals surface area contributed by atoms with Crippen LogP contribution < -0.4 is 5.73 Å². The predicted octanol–water partition coefficient (Wildman–Crippen LogP) is 1.40. The molecule has 3 rings (SSSR count). The maximum absolute atomic E-state index is 12.3. The van der Waals surface area contributed by atoms with E-state index in [4.69, 9.17) is 5.73 Å². The minimum atomic E-state index is 0.0589. The van der Waals surface area contributed by atoms with Gasteiger partial charge in [0.15, 0.2) is 0 Å². The molecule has 1 aliphatic carbocycles. The number of carbonyl (C=O) groups is 1. The van der Waals surface area contributed by atoms with Crippen molar-refractivity contribution in [1.29, 1.82) is 0 Å². The molecule has 3 N–H and O–H groups in total. The molecule has 1 saturated heterocycles. The Balaban J connectivity index is 1.78. The molecule has 92 valence electrons. The Labute approximate surface area is 100 Å². The van der Waals surface area contributed by atoms with E-state index in [-0.39, 0.29) is 5.91 Å². The summed E-state index contributed by atoms with van der Waals surface area (Å²) in [6, 6.07) is 2.07. The van der Waals surface area contributed by atoms with Gasteiger partial charge in [-0.2, -0.15) is 5.10 Å². The van der Waals surface area contributed by atoms with Crippen LogP contribution in [0.5, 0.6) is 0 Å². The number of fused-ring (bicyclic) bond motifs is 1. The summed E-state index contributed by atoms with van der Waals surface area (Å²) in [5.74, 6) is 1.16. The molecule has 1 aromatic heterocycles. The minimum Gasteiger partial charge on any atom is -0.382 e. The quantitative estimate of drug-likeness (QED) is 0.771. The van der Waals surface area contributed by atoms with Gasteiger partial charge in [0.25, 0.3) is 5.91 Å². The zero-order valence-electron chi connectivity index (χ0n) is 9.85. The van der Waals surface area contributed by atoms with E-state index in [1.54, 1.807) is 6.07 Å². The average Bonchev–Trinajstić information content (AvgIpc) is 2.94. The van der Waals surface area contributed by atoms with Crippen LogP contribution in [-0.2, 0) is 0 Å². The fourth-order valence-corrected chi connectivity index (χ4v) is 3.26. The zero-order valence-corrected chi connectivity index (χ0v) is 9.85. The number of aromatic amines is 1. The van der Waals surface area contributed by atoms with Crippen LogP contribution in [0.2, 0.25) is 0 Å². The van der Waals surface area contributed by atoms with Gasteiger partial charge in [-0.05, 0) is 25.2 Å². The van der Waals surface area contributed by atoms with E-state index in [1.807, 2.05) is 4.90 Å². The Morgan fingerprint density at radius 2 is 2.24 bits per heavy atom.